The summed E-state index contributed by atoms with van der Waals surface area (Å²) in [6.07, 6.45) is 3.51. The number of nitrogens with two attached hydrogens (primary N) is 1. The molecule has 7 heteroatoms. The monoisotopic (exact) mass is 431 g/mol. The lowest BCUT2D eigenvalue weighted by Gasteiger charge is -2.05. The van der Waals surface area contributed by atoms with Gasteiger partial charge in [-0.25, -0.2) is 0 Å². The molecule has 5 aromatic rings. The minimum Gasteiger partial charge on any atom is -0.368 e. The zero-order valence-electron chi connectivity index (χ0n) is 17.7. The van der Waals surface area contributed by atoms with Gasteiger partial charge in [-0.1, -0.05) is 84.9 Å². The Morgan fingerprint density at radius 2 is 1.06 bits per heavy atom. The van der Waals surface area contributed by atoms with Crippen LogP contribution in [0.25, 0.3) is 21.5 Å². The second-order valence-electron chi connectivity index (χ2n) is 7.37. The van der Waals surface area contributed by atoms with Crippen LogP contribution in [0, 0.1) is 0 Å². The lowest BCUT2D eigenvalue weighted by Crippen LogP contribution is -2.03. The number of aromatic nitrogens is 2. The molecule has 1 heterocycles. The van der Waals surface area contributed by atoms with Gasteiger partial charge < -0.3 is 5.73 Å². The Hall–Kier alpha value is -4.78. The highest BCUT2D eigenvalue weighted by Crippen LogP contribution is 2.18. The van der Waals surface area contributed by atoms with Crippen LogP contribution in [0.5, 0.6) is 0 Å². The summed E-state index contributed by atoms with van der Waals surface area (Å²) in [6.45, 7) is 0. The zero-order chi connectivity index (χ0) is 22.5. The molecule has 160 valence electrons. The van der Waals surface area contributed by atoms with Gasteiger partial charge in [0, 0.05) is 17.2 Å². The van der Waals surface area contributed by atoms with E-state index in [1.165, 1.54) is 0 Å². The summed E-state index contributed by atoms with van der Waals surface area (Å²) in [4.78, 5) is 8.37. The van der Waals surface area contributed by atoms with Gasteiger partial charge in [-0.05, 0) is 21.5 Å². The van der Waals surface area contributed by atoms with Crippen LogP contribution in [-0.4, -0.2) is 22.4 Å². The second kappa shape index (κ2) is 9.15. The van der Waals surface area contributed by atoms with Crippen LogP contribution in [0.1, 0.15) is 11.1 Å². The van der Waals surface area contributed by atoms with Crippen molar-refractivity contribution in [3.63, 3.8) is 0 Å². The maximum atomic E-state index is 5.87. The summed E-state index contributed by atoms with van der Waals surface area (Å²) in [7, 11) is 0. The summed E-state index contributed by atoms with van der Waals surface area (Å²) in [5.74, 6) is 1.03. The molecular formula is C26H21N7. The van der Waals surface area contributed by atoms with Crippen LogP contribution in [-0.2, 0) is 0 Å². The first-order valence-corrected chi connectivity index (χ1v) is 10.4. The Kier molecular flexibility index (Phi) is 5.59. The molecule has 0 saturated carbocycles. The Balaban J connectivity index is 1.31. The van der Waals surface area contributed by atoms with Crippen LogP contribution in [0.4, 0.5) is 17.6 Å². The predicted molar refractivity (Wildman–Crippen MR) is 137 cm³/mol. The van der Waals surface area contributed by atoms with Gasteiger partial charge in [-0.3, -0.25) is 10.9 Å². The fraction of sp³-hybridized carbons (Fsp3) is 0. The van der Waals surface area contributed by atoms with Crippen molar-refractivity contribution in [2.75, 3.05) is 16.6 Å². The molecule has 0 amide bonds. The van der Waals surface area contributed by atoms with E-state index < -0.39 is 0 Å². The van der Waals surface area contributed by atoms with Gasteiger partial charge >= 0.3 is 0 Å². The predicted octanol–water partition coefficient (Wildman–Crippen LogP) is 5.26. The SMILES string of the molecule is Nc1nc(N/N=C/c2cccc3ccccc23)cc(N/N=C/c2cccc3ccccc23)n1. The number of nitrogens with one attached hydrogen (secondary N) is 2. The van der Waals surface area contributed by atoms with E-state index in [0.717, 1.165) is 32.7 Å². The molecule has 7 nitrogen and oxygen atoms in total. The third-order valence-corrected chi connectivity index (χ3v) is 5.16. The van der Waals surface area contributed by atoms with E-state index in [2.05, 4.69) is 67.4 Å². The van der Waals surface area contributed by atoms with Gasteiger partial charge in [0.05, 0.1) is 12.4 Å². The number of nitrogens with zero attached hydrogens (tertiary/aromatic N) is 4. The van der Waals surface area contributed by atoms with Gasteiger partial charge in [0.25, 0.3) is 0 Å². The molecule has 0 fully saturated rings. The number of fused-ring (bicyclic) bond motifs is 2. The zero-order valence-corrected chi connectivity index (χ0v) is 17.7. The third-order valence-electron chi connectivity index (χ3n) is 5.16. The number of anilines is 3. The molecule has 0 aliphatic carbocycles. The highest BCUT2D eigenvalue weighted by Gasteiger charge is 2.02. The van der Waals surface area contributed by atoms with Gasteiger partial charge in [0.2, 0.25) is 5.95 Å². The summed E-state index contributed by atoms with van der Waals surface area (Å²) < 4.78 is 0. The molecule has 4 aromatic carbocycles. The molecular weight excluding hydrogens is 410 g/mol. The summed E-state index contributed by atoms with van der Waals surface area (Å²) >= 11 is 0. The number of hydrogen-bond acceptors (Lipinski definition) is 7. The van der Waals surface area contributed by atoms with Crippen LogP contribution in [0.15, 0.2) is 101 Å². The highest BCUT2D eigenvalue weighted by atomic mass is 15.3. The molecule has 0 aliphatic rings. The average Bonchev–Trinajstić information content (AvgIpc) is 2.84. The summed E-state index contributed by atoms with van der Waals surface area (Å²) in [5.41, 5.74) is 13.7. The van der Waals surface area contributed by atoms with Crippen molar-refractivity contribution in [1.29, 1.82) is 0 Å². The van der Waals surface area contributed by atoms with Gasteiger partial charge in [0.15, 0.2) is 11.6 Å². The average molecular weight is 432 g/mol. The molecule has 0 atom stereocenters. The number of hydrogen-bond donors (Lipinski definition) is 3. The second-order valence-corrected chi connectivity index (χ2v) is 7.37. The third kappa shape index (κ3) is 4.62. The van der Waals surface area contributed by atoms with Crippen molar-refractivity contribution in [3.8, 4) is 0 Å². The maximum absolute atomic E-state index is 5.87. The van der Waals surface area contributed by atoms with Crippen molar-refractivity contribution in [3.05, 3.63) is 102 Å². The fourth-order valence-corrected chi connectivity index (χ4v) is 3.64. The Morgan fingerprint density at radius 3 is 1.58 bits per heavy atom. The lowest BCUT2D eigenvalue weighted by molar-refractivity contribution is 1.13. The summed E-state index contributed by atoms with van der Waals surface area (Å²) in [6, 6.07) is 30.2. The minimum absolute atomic E-state index is 0.114. The van der Waals surface area contributed by atoms with Crippen LogP contribution < -0.4 is 16.6 Å². The number of benzene rings is 4. The number of hydrazone groups is 2. The quantitative estimate of drug-likeness (QED) is 0.252. The van der Waals surface area contributed by atoms with E-state index in [1.54, 1.807) is 18.5 Å². The van der Waals surface area contributed by atoms with E-state index in [9.17, 15) is 0 Å². The summed E-state index contributed by atoms with van der Waals surface area (Å²) in [5, 5.41) is 13.2. The Labute approximate surface area is 190 Å². The Morgan fingerprint density at radius 1 is 0.606 bits per heavy atom. The smallest absolute Gasteiger partial charge is 0.224 e. The van der Waals surface area contributed by atoms with E-state index in [4.69, 9.17) is 5.73 Å². The molecule has 0 bridgehead atoms. The van der Waals surface area contributed by atoms with E-state index in [1.807, 2.05) is 48.5 Å². The van der Waals surface area contributed by atoms with E-state index >= 15 is 0 Å². The number of nitrogen functional groups attached to an aromatic ring is 1. The molecule has 0 unspecified atom stereocenters. The molecule has 0 saturated heterocycles. The molecule has 5 rings (SSSR count). The molecule has 0 spiro atoms. The van der Waals surface area contributed by atoms with Gasteiger partial charge in [0.1, 0.15) is 0 Å². The van der Waals surface area contributed by atoms with Crippen molar-refractivity contribution < 1.29 is 0 Å². The maximum Gasteiger partial charge on any atom is 0.224 e. The van der Waals surface area contributed by atoms with Crippen molar-refractivity contribution in [2.45, 2.75) is 0 Å². The normalized spacial score (nSPS) is 11.5. The fourth-order valence-electron chi connectivity index (χ4n) is 3.64. The largest absolute Gasteiger partial charge is 0.368 e. The molecule has 0 aliphatic heterocycles. The first-order valence-electron chi connectivity index (χ1n) is 10.4. The lowest BCUT2D eigenvalue weighted by atomic mass is 10.1. The van der Waals surface area contributed by atoms with Crippen molar-refractivity contribution in [1.82, 2.24) is 9.97 Å². The van der Waals surface area contributed by atoms with E-state index in [0.29, 0.717) is 11.6 Å². The van der Waals surface area contributed by atoms with Gasteiger partial charge in [-0.2, -0.15) is 20.2 Å². The van der Waals surface area contributed by atoms with Crippen molar-refractivity contribution >= 4 is 51.6 Å². The first kappa shape index (κ1) is 20.1. The number of rotatable bonds is 6. The van der Waals surface area contributed by atoms with Gasteiger partial charge in [-0.15, -0.1) is 0 Å². The first-order chi connectivity index (χ1) is 16.3. The molecule has 0 radical (unpaired) electrons. The molecule has 1 aromatic heterocycles. The Bertz CT molecular complexity index is 1370. The van der Waals surface area contributed by atoms with E-state index in [-0.39, 0.29) is 5.95 Å². The minimum atomic E-state index is 0.114. The standard InChI is InChI=1S/C26H21N7/c27-26-30-24(32-28-16-20-11-5-9-18-7-1-3-13-22(18)20)15-25(31-26)33-29-17-21-12-6-10-19-8-2-4-14-23(19)21/h1-17H,(H4,27,30,31,32,33)/b28-16+,29-17+. The van der Waals surface area contributed by atoms with Crippen molar-refractivity contribution in [2.24, 2.45) is 10.2 Å². The van der Waals surface area contributed by atoms with Crippen LogP contribution in [0.2, 0.25) is 0 Å². The topological polar surface area (TPSA) is 101 Å². The molecule has 4 N–H and O–H groups in total. The molecule has 33 heavy (non-hydrogen) atoms. The highest BCUT2D eigenvalue weighted by molar-refractivity contribution is 6.00. The van der Waals surface area contributed by atoms with Crippen LogP contribution >= 0.6 is 0 Å². The van der Waals surface area contributed by atoms with Crippen LogP contribution in [0.3, 0.4) is 0 Å².